The summed E-state index contributed by atoms with van der Waals surface area (Å²) in [4.78, 5) is 0. The maximum absolute atomic E-state index is 6.08. The van der Waals surface area contributed by atoms with Gasteiger partial charge in [0, 0.05) is 29.1 Å². The fourth-order valence-corrected chi connectivity index (χ4v) is 2.48. The van der Waals surface area contributed by atoms with Gasteiger partial charge in [-0.1, -0.05) is 36.7 Å². The first-order valence-corrected chi connectivity index (χ1v) is 7.31. The van der Waals surface area contributed by atoms with E-state index in [-0.39, 0.29) is 0 Å². The molecular formula is C13H20ClNS. The number of rotatable bonds is 7. The standard InChI is InChI=1S/C13H20ClNS/c1-3-11(2)15-8-9-16-10-12-6-4-5-7-13(12)14/h4-7,11,15H,3,8-10H2,1-2H3. The quantitative estimate of drug-likeness (QED) is 0.742. The summed E-state index contributed by atoms with van der Waals surface area (Å²) in [5, 5.41) is 4.36. The van der Waals surface area contributed by atoms with E-state index in [0.717, 1.165) is 23.1 Å². The highest BCUT2D eigenvalue weighted by molar-refractivity contribution is 7.98. The molecule has 3 heteroatoms. The summed E-state index contributed by atoms with van der Waals surface area (Å²) in [6.45, 7) is 5.50. The van der Waals surface area contributed by atoms with Crippen molar-refractivity contribution in [2.45, 2.75) is 32.1 Å². The molecule has 0 fully saturated rings. The number of hydrogen-bond donors (Lipinski definition) is 1. The molecule has 0 aliphatic rings. The van der Waals surface area contributed by atoms with E-state index in [4.69, 9.17) is 11.6 Å². The van der Waals surface area contributed by atoms with Crippen LogP contribution in [-0.2, 0) is 5.75 Å². The van der Waals surface area contributed by atoms with E-state index in [9.17, 15) is 0 Å². The molecule has 1 rings (SSSR count). The van der Waals surface area contributed by atoms with E-state index in [0.29, 0.717) is 6.04 Å². The van der Waals surface area contributed by atoms with Crippen LogP contribution in [0.2, 0.25) is 5.02 Å². The molecule has 90 valence electrons. The first-order chi connectivity index (χ1) is 7.74. The average Bonchev–Trinajstić information content (AvgIpc) is 2.30. The highest BCUT2D eigenvalue weighted by Gasteiger charge is 1.99. The van der Waals surface area contributed by atoms with Gasteiger partial charge in [0.25, 0.3) is 0 Å². The van der Waals surface area contributed by atoms with Crippen LogP contribution in [0.25, 0.3) is 0 Å². The molecule has 1 aromatic carbocycles. The van der Waals surface area contributed by atoms with Gasteiger partial charge in [-0.05, 0) is 25.0 Å². The largest absolute Gasteiger partial charge is 0.313 e. The average molecular weight is 258 g/mol. The van der Waals surface area contributed by atoms with Crippen molar-refractivity contribution >= 4 is 23.4 Å². The summed E-state index contributed by atoms with van der Waals surface area (Å²) in [7, 11) is 0. The predicted octanol–water partition coefficient (Wildman–Crippen LogP) is 3.96. The van der Waals surface area contributed by atoms with E-state index in [1.165, 1.54) is 12.0 Å². The van der Waals surface area contributed by atoms with Crippen molar-refractivity contribution in [1.29, 1.82) is 0 Å². The number of thioether (sulfide) groups is 1. The molecule has 16 heavy (non-hydrogen) atoms. The van der Waals surface area contributed by atoms with Crippen molar-refractivity contribution in [2.24, 2.45) is 0 Å². The molecule has 1 atom stereocenters. The molecule has 0 aromatic heterocycles. The van der Waals surface area contributed by atoms with Crippen LogP contribution in [0.4, 0.5) is 0 Å². The molecule has 1 nitrogen and oxygen atoms in total. The lowest BCUT2D eigenvalue weighted by atomic mass is 10.2. The number of halogens is 1. The molecular weight excluding hydrogens is 238 g/mol. The summed E-state index contributed by atoms with van der Waals surface area (Å²) in [6.07, 6.45) is 1.19. The van der Waals surface area contributed by atoms with Crippen LogP contribution in [0.15, 0.2) is 24.3 Å². The molecule has 1 aromatic rings. The van der Waals surface area contributed by atoms with Crippen LogP contribution in [0.5, 0.6) is 0 Å². The Morgan fingerprint density at radius 1 is 1.38 bits per heavy atom. The zero-order chi connectivity index (χ0) is 11.8. The first kappa shape index (κ1) is 13.9. The van der Waals surface area contributed by atoms with Gasteiger partial charge in [-0.15, -0.1) is 0 Å². The Morgan fingerprint density at radius 3 is 2.81 bits per heavy atom. The maximum atomic E-state index is 6.08. The molecule has 0 bridgehead atoms. The molecule has 1 N–H and O–H groups in total. The fraction of sp³-hybridized carbons (Fsp3) is 0.538. The van der Waals surface area contributed by atoms with Crippen LogP contribution < -0.4 is 5.32 Å². The monoisotopic (exact) mass is 257 g/mol. The summed E-state index contributed by atoms with van der Waals surface area (Å²) in [5.41, 5.74) is 1.23. The highest BCUT2D eigenvalue weighted by atomic mass is 35.5. The smallest absolute Gasteiger partial charge is 0.0446 e. The molecule has 1 unspecified atom stereocenters. The third-order valence-electron chi connectivity index (χ3n) is 2.57. The summed E-state index contributed by atoms with van der Waals surface area (Å²) < 4.78 is 0. The minimum atomic E-state index is 0.626. The predicted molar refractivity (Wildman–Crippen MR) is 75.4 cm³/mol. The second-order valence-corrected chi connectivity index (χ2v) is 5.42. The van der Waals surface area contributed by atoms with Crippen LogP contribution in [0.1, 0.15) is 25.8 Å². The van der Waals surface area contributed by atoms with Crippen LogP contribution in [0, 0.1) is 0 Å². The lowest BCUT2D eigenvalue weighted by molar-refractivity contribution is 0.555. The van der Waals surface area contributed by atoms with E-state index in [1.807, 2.05) is 30.0 Å². The third-order valence-corrected chi connectivity index (χ3v) is 3.94. The molecule has 0 saturated heterocycles. The van der Waals surface area contributed by atoms with Gasteiger partial charge >= 0.3 is 0 Å². The SMILES string of the molecule is CCC(C)NCCSCc1ccccc1Cl. The van der Waals surface area contributed by atoms with Gasteiger partial charge in [-0.25, -0.2) is 0 Å². The van der Waals surface area contributed by atoms with Crippen molar-refractivity contribution in [3.05, 3.63) is 34.9 Å². The van der Waals surface area contributed by atoms with Gasteiger partial charge in [0.1, 0.15) is 0 Å². The third kappa shape index (κ3) is 5.24. The zero-order valence-electron chi connectivity index (χ0n) is 10.0. The van der Waals surface area contributed by atoms with Crippen molar-refractivity contribution in [1.82, 2.24) is 5.32 Å². The van der Waals surface area contributed by atoms with Gasteiger partial charge in [-0.3, -0.25) is 0 Å². The summed E-state index contributed by atoms with van der Waals surface area (Å²) >= 11 is 8.01. The minimum Gasteiger partial charge on any atom is -0.313 e. The van der Waals surface area contributed by atoms with Crippen LogP contribution >= 0.6 is 23.4 Å². The maximum Gasteiger partial charge on any atom is 0.0446 e. The van der Waals surface area contributed by atoms with Gasteiger partial charge in [0.05, 0.1) is 0 Å². The highest BCUT2D eigenvalue weighted by Crippen LogP contribution is 2.20. The Morgan fingerprint density at radius 2 is 2.12 bits per heavy atom. The lowest BCUT2D eigenvalue weighted by Crippen LogP contribution is -2.27. The Labute approximate surface area is 108 Å². The minimum absolute atomic E-state index is 0.626. The van der Waals surface area contributed by atoms with Gasteiger partial charge in [0.2, 0.25) is 0 Å². The van der Waals surface area contributed by atoms with Crippen LogP contribution in [-0.4, -0.2) is 18.3 Å². The Kier molecular flexibility index (Phi) is 6.93. The van der Waals surface area contributed by atoms with E-state index in [2.05, 4.69) is 25.2 Å². The van der Waals surface area contributed by atoms with Gasteiger partial charge < -0.3 is 5.32 Å². The zero-order valence-corrected chi connectivity index (χ0v) is 11.6. The molecule has 0 radical (unpaired) electrons. The van der Waals surface area contributed by atoms with Crippen molar-refractivity contribution < 1.29 is 0 Å². The Balaban J connectivity index is 2.14. The van der Waals surface area contributed by atoms with Crippen LogP contribution in [0.3, 0.4) is 0 Å². The molecule has 0 aliphatic heterocycles. The van der Waals surface area contributed by atoms with Crippen molar-refractivity contribution in [3.63, 3.8) is 0 Å². The van der Waals surface area contributed by atoms with E-state index in [1.54, 1.807) is 0 Å². The lowest BCUT2D eigenvalue weighted by Gasteiger charge is -2.10. The van der Waals surface area contributed by atoms with Crippen molar-refractivity contribution in [3.8, 4) is 0 Å². The Bertz CT molecular complexity index is 304. The van der Waals surface area contributed by atoms with E-state index >= 15 is 0 Å². The second kappa shape index (κ2) is 7.99. The number of hydrogen-bond acceptors (Lipinski definition) is 2. The van der Waals surface area contributed by atoms with Crippen molar-refractivity contribution in [2.75, 3.05) is 12.3 Å². The number of nitrogens with one attached hydrogen (secondary N) is 1. The summed E-state index contributed by atoms with van der Waals surface area (Å²) in [6, 6.07) is 8.69. The number of benzene rings is 1. The molecule has 0 spiro atoms. The summed E-state index contributed by atoms with van der Waals surface area (Å²) in [5.74, 6) is 2.14. The topological polar surface area (TPSA) is 12.0 Å². The normalized spacial score (nSPS) is 12.7. The fourth-order valence-electron chi connectivity index (χ4n) is 1.32. The molecule has 0 heterocycles. The first-order valence-electron chi connectivity index (χ1n) is 5.78. The second-order valence-electron chi connectivity index (χ2n) is 3.91. The molecule has 0 amide bonds. The molecule has 0 saturated carbocycles. The van der Waals surface area contributed by atoms with Gasteiger partial charge in [-0.2, -0.15) is 11.8 Å². The van der Waals surface area contributed by atoms with Gasteiger partial charge in [0.15, 0.2) is 0 Å². The van der Waals surface area contributed by atoms with E-state index < -0.39 is 0 Å². The Hall–Kier alpha value is -0.180. The molecule has 0 aliphatic carbocycles.